The fourth-order valence-electron chi connectivity index (χ4n) is 3.95. The van der Waals surface area contributed by atoms with Crippen LogP contribution in [0.2, 0.25) is 0 Å². The van der Waals surface area contributed by atoms with Gasteiger partial charge >= 0.3 is 0 Å². The molecule has 1 N–H and O–H groups in total. The Hall–Kier alpha value is -2.74. The highest BCUT2D eigenvalue weighted by molar-refractivity contribution is 7.90. The fourth-order valence-corrected chi connectivity index (χ4v) is 4.54. The van der Waals surface area contributed by atoms with E-state index < -0.39 is 9.84 Å². The number of nitrogens with one attached hydrogen (secondary N) is 1. The third-order valence-corrected chi connectivity index (χ3v) is 6.37. The zero-order valence-electron chi connectivity index (χ0n) is 16.3. The molecule has 1 aliphatic rings. The van der Waals surface area contributed by atoms with Gasteiger partial charge in [-0.15, -0.1) is 0 Å². The lowest BCUT2D eigenvalue weighted by Gasteiger charge is -2.22. The van der Waals surface area contributed by atoms with Crippen LogP contribution < -0.4 is 5.32 Å². The minimum absolute atomic E-state index is 0.0733. The third kappa shape index (κ3) is 4.32. The zero-order valence-corrected chi connectivity index (χ0v) is 17.2. The molecule has 1 aliphatic carbocycles. The van der Waals surface area contributed by atoms with Crippen molar-refractivity contribution in [3.8, 4) is 0 Å². The van der Waals surface area contributed by atoms with Crippen LogP contribution in [0, 0.1) is 5.92 Å². The second-order valence-electron chi connectivity index (χ2n) is 7.66. The third-order valence-electron chi connectivity index (χ3n) is 5.39. The lowest BCUT2D eigenvalue weighted by atomic mass is 9.89. The minimum atomic E-state index is -3.46. The second-order valence-corrected chi connectivity index (χ2v) is 9.62. The maximum Gasteiger partial charge on any atom is 0.274 e. The summed E-state index contributed by atoms with van der Waals surface area (Å²) in [5, 5.41) is 8.21. The number of anilines is 1. The molecule has 2 aromatic heterocycles. The largest absolute Gasteiger partial charge is 0.320 e. The standard InChI is InChI=1S/C21H24N4O3S/c1-29(27,28)19-13-16(11-12-22-19)23-21(26)20-17-9-5-6-10-18(17)24-25(20)14-15-7-3-2-4-8-15/h5-6,9-13,15H,2-4,7-8,14H2,1H3,(H,22,23,26). The van der Waals surface area contributed by atoms with Crippen molar-refractivity contribution in [1.82, 2.24) is 14.8 Å². The molecule has 2 heterocycles. The van der Waals surface area contributed by atoms with Crippen molar-refractivity contribution in [3.05, 3.63) is 48.3 Å². The van der Waals surface area contributed by atoms with E-state index in [1.807, 2.05) is 28.9 Å². The van der Waals surface area contributed by atoms with Crippen molar-refractivity contribution in [1.29, 1.82) is 0 Å². The molecule has 29 heavy (non-hydrogen) atoms. The number of rotatable bonds is 5. The van der Waals surface area contributed by atoms with Gasteiger partial charge in [-0.25, -0.2) is 13.4 Å². The lowest BCUT2D eigenvalue weighted by molar-refractivity contribution is 0.101. The maximum absolute atomic E-state index is 13.2. The average molecular weight is 413 g/mol. The minimum Gasteiger partial charge on any atom is -0.320 e. The van der Waals surface area contributed by atoms with E-state index in [9.17, 15) is 13.2 Å². The van der Waals surface area contributed by atoms with E-state index in [2.05, 4.69) is 15.4 Å². The first-order valence-corrected chi connectivity index (χ1v) is 11.7. The number of carbonyl (C=O) groups excluding carboxylic acids is 1. The molecular formula is C21H24N4O3S. The Kier molecular flexibility index (Phi) is 5.36. The monoisotopic (exact) mass is 412 g/mol. The second kappa shape index (κ2) is 7.94. The zero-order chi connectivity index (χ0) is 20.4. The van der Waals surface area contributed by atoms with Gasteiger partial charge in [-0.3, -0.25) is 9.48 Å². The SMILES string of the molecule is CS(=O)(=O)c1cc(NC(=O)c2c3ccccc3nn2CC2CCCCC2)ccn1. The van der Waals surface area contributed by atoms with Crippen molar-refractivity contribution < 1.29 is 13.2 Å². The van der Waals surface area contributed by atoms with Gasteiger partial charge in [0.15, 0.2) is 14.9 Å². The molecule has 1 saturated carbocycles. The van der Waals surface area contributed by atoms with Crippen LogP contribution in [0.1, 0.15) is 42.6 Å². The molecule has 0 atom stereocenters. The summed E-state index contributed by atoms with van der Waals surface area (Å²) in [4.78, 5) is 17.0. The highest BCUT2D eigenvalue weighted by Gasteiger charge is 2.22. The highest BCUT2D eigenvalue weighted by atomic mass is 32.2. The molecule has 4 rings (SSSR count). The Bertz CT molecular complexity index is 1150. The molecule has 1 fully saturated rings. The van der Waals surface area contributed by atoms with Gasteiger partial charge in [-0.05, 0) is 37.0 Å². The number of hydrogen-bond donors (Lipinski definition) is 1. The Labute approximate surface area is 170 Å². The summed E-state index contributed by atoms with van der Waals surface area (Å²) in [5.74, 6) is 0.211. The summed E-state index contributed by atoms with van der Waals surface area (Å²) in [7, 11) is -3.46. The first-order chi connectivity index (χ1) is 13.9. The fraction of sp³-hybridized carbons (Fsp3) is 0.381. The molecule has 0 spiro atoms. The molecule has 0 unspecified atom stereocenters. The molecule has 7 nitrogen and oxygen atoms in total. The van der Waals surface area contributed by atoms with Crippen molar-refractivity contribution >= 4 is 32.3 Å². The van der Waals surface area contributed by atoms with Crippen molar-refractivity contribution in [3.63, 3.8) is 0 Å². The van der Waals surface area contributed by atoms with Crippen LogP contribution in [0.4, 0.5) is 5.69 Å². The topological polar surface area (TPSA) is 94.0 Å². The normalized spacial score (nSPS) is 15.5. The molecular weight excluding hydrogens is 388 g/mol. The first kappa shape index (κ1) is 19.6. The number of amides is 1. The molecule has 0 radical (unpaired) electrons. The Morgan fingerprint density at radius 1 is 1.17 bits per heavy atom. The summed E-state index contributed by atoms with van der Waals surface area (Å²) in [6.45, 7) is 0.711. The highest BCUT2D eigenvalue weighted by Crippen LogP contribution is 2.27. The van der Waals surface area contributed by atoms with E-state index in [1.54, 1.807) is 6.07 Å². The van der Waals surface area contributed by atoms with Gasteiger partial charge in [0.25, 0.3) is 5.91 Å². The van der Waals surface area contributed by atoms with Crippen molar-refractivity contribution in [2.75, 3.05) is 11.6 Å². The van der Waals surface area contributed by atoms with Gasteiger partial charge in [-0.2, -0.15) is 5.10 Å². The van der Waals surface area contributed by atoms with Crippen molar-refractivity contribution in [2.45, 2.75) is 43.7 Å². The summed E-state index contributed by atoms with van der Waals surface area (Å²) in [5.41, 5.74) is 1.67. The van der Waals surface area contributed by atoms with Gasteiger partial charge in [0.05, 0.1) is 5.52 Å². The Balaban J connectivity index is 1.67. The average Bonchev–Trinajstić information content (AvgIpc) is 3.06. The molecule has 1 aromatic carbocycles. The number of sulfone groups is 1. The van der Waals surface area contributed by atoms with Crippen LogP contribution in [0.3, 0.4) is 0 Å². The number of nitrogens with zero attached hydrogens (tertiary/aromatic N) is 3. The molecule has 3 aromatic rings. The number of aromatic nitrogens is 3. The molecule has 152 valence electrons. The van der Waals surface area contributed by atoms with Gasteiger partial charge in [-0.1, -0.05) is 37.5 Å². The molecule has 1 amide bonds. The van der Waals surface area contributed by atoms with E-state index in [0.717, 1.165) is 30.0 Å². The van der Waals surface area contributed by atoms with Crippen LogP contribution in [-0.2, 0) is 16.4 Å². The maximum atomic E-state index is 13.2. The van der Waals surface area contributed by atoms with Gasteiger partial charge in [0.1, 0.15) is 5.69 Å². The van der Waals surface area contributed by atoms with E-state index in [1.165, 1.54) is 31.5 Å². The smallest absolute Gasteiger partial charge is 0.274 e. The number of hydrogen-bond acceptors (Lipinski definition) is 5. The van der Waals surface area contributed by atoms with E-state index in [-0.39, 0.29) is 10.9 Å². The molecule has 0 saturated heterocycles. The van der Waals surface area contributed by atoms with Crippen LogP contribution in [0.15, 0.2) is 47.6 Å². The molecule has 0 aliphatic heterocycles. The van der Waals surface area contributed by atoms with Gasteiger partial charge in [0.2, 0.25) is 0 Å². The van der Waals surface area contributed by atoms with Crippen molar-refractivity contribution in [2.24, 2.45) is 5.92 Å². The predicted octanol–water partition coefficient (Wildman–Crippen LogP) is 3.67. The van der Waals surface area contributed by atoms with E-state index in [0.29, 0.717) is 23.8 Å². The number of pyridine rings is 1. The summed E-state index contributed by atoms with van der Waals surface area (Å²) >= 11 is 0. The number of fused-ring (bicyclic) bond motifs is 1. The number of carbonyl (C=O) groups is 1. The van der Waals surface area contributed by atoms with Gasteiger partial charge in [0, 0.05) is 30.1 Å². The van der Waals surface area contributed by atoms with E-state index in [4.69, 9.17) is 0 Å². The quantitative estimate of drug-likeness (QED) is 0.690. The molecule has 8 heteroatoms. The van der Waals surface area contributed by atoms with Crippen LogP contribution in [0.5, 0.6) is 0 Å². The molecule has 0 bridgehead atoms. The summed E-state index contributed by atoms with van der Waals surface area (Å²) in [6, 6.07) is 10.5. The summed E-state index contributed by atoms with van der Waals surface area (Å²) < 4.78 is 25.3. The Morgan fingerprint density at radius 2 is 1.93 bits per heavy atom. The number of benzene rings is 1. The Morgan fingerprint density at radius 3 is 2.69 bits per heavy atom. The predicted molar refractivity (Wildman–Crippen MR) is 112 cm³/mol. The van der Waals surface area contributed by atoms with E-state index >= 15 is 0 Å². The van der Waals surface area contributed by atoms with Crippen LogP contribution in [0.25, 0.3) is 10.9 Å². The lowest BCUT2D eigenvalue weighted by Crippen LogP contribution is -2.22. The summed E-state index contributed by atoms with van der Waals surface area (Å²) in [6.07, 6.45) is 8.49. The first-order valence-electron chi connectivity index (χ1n) is 9.85. The van der Waals surface area contributed by atoms with Gasteiger partial charge < -0.3 is 5.32 Å². The van der Waals surface area contributed by atoms with Crippen LogP contribution >= 0.6 is 0 Å². The van der Waals surface area contributed by atoms with Crippen LogP contribution in [-0.4, -0.2) is 35.3 Å².